The van der Waals surface area contributed by atoms with Crippen LogP contribution in [0.15, 0.2) is 30.5 Å². The van der Waals surface area contributed by atoms with Gasteiger partial charge < -0.3 is 15.2 Å². The lowest BCUT2D eigenvalue weighted by Gasteiger charge is -2.13. The number of nitrogens with zero attached hydrogens (tertiary/aromatic N) is 2. The van der Waals surface area contributed by atoms with Crippen molar-refractivity contribution in [3.8, 4) is 5.69 Å². The van der Waals surface area contributed by atoms with Crippen molar-refractivity contribution < 1.29 is 19.4 Å². The second-order valence-corrected chi connectivity index (χ2v) is 5.63. The number of rotatable bonds is 7. The van der Waals surface area contributed by atoms with E-state index < -0.39 is 17.9 Å². The van der Waals surface area contributed by atoms with E-state index >= 15 is 0 Å². The highest BCUT2D eigenvalue weighted by molar-refractivity contribution is 6.30. The number of aliphatic carboxylic acids is 1. The Morgan fingerprint density at radius 3 is 2.62 bits per heavy atom. The third kappa shape index (κ3) is 4.33. The van der Waals surface area contributed by atoms with Gasteiger partial charge in [-0.15, -0.1) is 0 Å². The number of hydrogen-bond acceptors (Lipinski definition) is 4. The van der Waals surface area contributed by atoms with Gasteiger partial charge in [-0.1, -0.05) is 11.6 Å². The van der Waals surface area contributed by atoms with E-state index in [1.54, 1.807) is 42.1 Å². The fraction of sp³-hybridized carbons (Fsp3) is 0.312. The predicted octanol–water partition coefficient (Wildman–Crippen LogP) is 2.05. The molecule has 7 nitrogen and oxygen atoms in total. The van der Waals surface area contributed by atoms with Gasteiger partial charge in [-0.3, -0.25) is 4.79 Å². The number of benzene rings is 1. The number of nitrogens with one attached hydrogen (secondary N) is 1. The molecule has 2 N–H and O–H groups in total. The Kier molecular flexibility index (Phi) is 5.94. The zero-order chi connectivity index (χ0) is 17.7. The molecule has 128 valence electrons. The minimum atomic E-state index is -1.11. The van der Waals surface area contributed by atoms with Crippen LogP contribution in [0, 0.1) is 6.92 Å². The maximum atomic E-state index is 12.4. The van der Waals surface area contributed by atoms with Crippen molar-refractivity contribution >= 4 is 23.5 Å². The van der Waals surface area contributed by atoms with Crippen molar-refractivity contribution in [1.82, 2.24) is 15.1 Å². The van der Waals surface area contributed by atoms with Gasteiger partial charge in [0.05, 0.1) is 16.9 Å². The Labute approximate surface area is 144 Å². The number of methoxy groups -OCH3 is 1. The second-order valence-electron chi connectivity index (χ2n) is 5.19. The summed E-state index contributed by atoms with van der Waals surface area (Å²) < 4.78 is 6.41. The first-order valence-electron chi connectivity index (χ1n) is 7.27. The average molecular weight is 352 g/mol. The first-order valence-corrected chi connectivity index (χ1v) is 7.65. The lowest BCUT2D eigenvalue weighted by atomic mass is 10.2. The van der Waals surface area contributed by atoms with Crippen LogP contribution in [0.5, 0.6) is 0 Å². The van der Waals surface area contributed by atoms with E-state index in [-0.39, 0.29) is 13.0 Å². The predicted molar refractivity (Wildman–Crippen MR) is 88.7 cm³/mol. The fourth-order valence-electron chi connectivity index (χ4n) is 2.14. The van der Waals surface area contributed by atoms with Gasteiger partial charge in [0.2, 0.25) is 0 Å². The molecule has 1 aromatic heterocycles. The first-order chi connectivity index (χ1) is 11.4. The van der Waals surface area contributed by atoms with Crippen molar-refractivity contribution in [2.45, 2.75) is 19.4 Å². The van der Waals surface area contributed by atoms with Gasteiger partial charge in [-0.25, -0.2) is 9.48 Å². The molecule has 1 heterocycles. The summed E-state index contributed by atoms with van der Waals surface area (Å²) in [5.41, 5.74) is 1.56. The summed E-state index contributed by atoms with van der Waals surface area (Å²) in [6.45, 7) is 1.92. The molecule has 1 atom stereocenters. The third-order valence-corrected chi connectivity index (χ3v) is 3.70. The molecule has 0 fully saturated rings. The van der Waals surface area contributed by atoms with E-state index in [1.807, 2.05) is 0 Å². The number of carbonyl (C=O) groups is 2. The topological polar surface area (TPSA) is 93.5 Å². The van der Waals surface area contributed by atoms with Crippen LogP contribution >= 0.6 is 11.6 Å². The number of ether oxygens (including phenoxy) is 1. The molecule has 0 aliphatic heterocycles. The van der Waals surface area contributed by atoms with Crippen LogP contribution < -0.4 is 5.32 Å². The summed E-state index contributed by atoms with van der Waals surface area (Å²) in [6, 6.07) is 5.97. The molecule has 0 saturated heterocycles. The zero-order valence-corrected chi connectivity index (χ0v) is 14.1. The molecule has 0 saturated carbocycles. The summed E-state index contributed by atoms with van der Waals surface area (Å²) in [5, 5.41) is 16.5. The summed E-state index contributed by atoms with van der Waals surface area (Å²) in [6.07, 6.45) is 1.74. The van der Waals surface area contributed by atoms with Crippen LogP contribution in [-0.2, 0) is 9.53 Å². The van der Waals surface area contributed by atoms with Crippen LogP contribution in [-0.4, -0.2) is 46.5 Å². The molecule has 8 heteroatoms. The standard InChI is InChI=1S/C16H18ClN3O4/c1-10-13(15(21)18-14(16(22)23)7-8-24-2)9-20(19-10)12-5-3-11(17)4-6-12/h3-6,9,14H,7-8H2,1-2H3,(H,18,21)(H,22,23). The minimum absolute atomic E-state index is 0.182. The van der Waals surface area contributed by atoms with Gasteiger partial charge in [0, 0.05) is 31.4 Å². The lowest BCUT2D eigenvalue weighted by Crippen LogP contribution is -2.41. The van der Waals surface area contributed by atoms with Gasteiger partial charge in [-0.05, 0) is 31.2 Å². The quantitative estimate of drug-likeness (QED) is 0.796. The van der Waals surface area contributed by atoms with E-state index in [4.69, 9.17) is 16.3 Å². The first kappa shape index (κ1) is 18.0. The summed E-state index contributed by atoms with van der Waals surface area (Å²) in [7, 11) is 1.47. The van der Waals surface area contributed by atoms with Gasteiger partial charge in [0.25, 0.3) is 5.91 Å². The molecular formula is C16H18ClN3O4. The number of aryl methyl sites for hydroxylation is 1. The number of amides is 1. The summed E-state index contributed by atoms with van der Waals surface area (Å²) >= 11 is 5.86. The third-order valence-electron chi connectivity index (χ3n) is 3.45. The van der Waals surface area contributed by atoms with Gasteiger partial charge in [0.1, 0.15) is 6.04 Å². The fourth-order valence-corrected chi connectivity index (χ4v) is 2.26. The molecule has 1 amide bonds. The molecular weight excluding hydrogens is 334 g/mol. The van der Waals surface area contributed by atoms with Gasteiger partial charge >= 0.3 is 5.97 Å². The molecule has 0 bridgehead atoms. The molecule has 1 aromatic carbocycles. The number of aromatic nitrogens is 2. The molecule has 1 unspecified atom stereocenters. The van der Waals surface area contributed by atoms with E-state index in [0.29, 0.717) is 16.3 Å². The van der Waals surface area contributed by atoms with Crippen molar-refractivity contribution in [3.05, 3.63) is 46.7 Å². The highest BCUT2D eigenvalue weighted by Gasteiger charge is 2.22. The zero-order valence-electron chi connectivity index (χ0n) is 13.3. The maximum Gasteiger partial charge on any atom is 0.326 e. The monoisotopic (exact) mass is 351 g/mol. The molecule has 2 aromatic rings. The maximum absolute atomic E-state index is 12.4. The summed E-state index contributed by atoms with van der Waals surface area (Å²) in [5.74, 6) is -1.60. The van der Waals surface area contributed by atoms with Crippen molar-refractivity contribution in [2.24, 2.45) is 0 Å². The smallest absolute Gasteiger partial charge is 0.326 e. The van der Waals surface area contributed by atoms with Crippen LogP contribution in [0.2, 0.25) is 5.02 Å². The Bertz CT molecular complexity index is 727. The number of carbonyl (C=O) groups excluding carboxylic acids is 1. The molecule has 0 spiro atoms. The van der Waals surface area contributed by atoms with Crippen molar-refractivity contribution in [1.29, 1.82) is 0 Å². The highest BCUT2D eigenvalue weighted by atomic mass is 35.5. The van der Waals surface area contributed by atoms with E-state index in [2.05, 4.69) is 10.4 Å². The van der Waals surface area contributed by atoms with Crippen LogP contribution in [0.1, 0.15) is 22.5 Å². The second kappa shape index (κ2) is 7.94. The average Bonchev–Trinajstić information content (AvgIpc) is 2.93. The minimum Gasteiger partial charge on any atom is -0.480 e. The van der Waals surface area contributed by atoms with E-state index in [0.717, 1.165) is 5.69 Å². The van der Waals surface area contributed by atoms with E-state index in [9.17, 15) is 14.7 Å². The molecule has 0 aliphatic rings. The van der Waals surface area contributed by atoms with Crippen LogP contribution in [0.25, 0.3) is 5.69 Å². The molecule has 2 rings (SSSR count). The lowest BCUT2D eigenvalue weighted by molar-refractivity contribution is -0.139. The highest BCUT2D eigenvalue weighted by Crippen LogP contribution is 2.15. The van der Waals surface area contributed by atoms with E-state index in [1.165, 1.54) is 7.11 Å². The SMILES string of the molecule is COCCC(NC(=O)c1cn(-c2ccc(Cl)cc2)nc1C)C(=O)O. The van der Waals surface area contributed by atoms with Crippen LogP contribution in [0.3, 0.4) is 0 Å². The molecule has 0 radical (unpaired) electrons. The molecule has 0 aliphatic carbocycles. The normalized spacial score (nSPS) is 12.0. The van der Waals surface area contributed by atoms with Gasteiger partial charge in [0.15, 0.2) is 0 Å². The Morgan fingerprint density at radius 1 is 1.38 bits per heavy atom. The number of carboxylic acids is 1. The largest absolute Gasteiger partial charge is 0.480 e. The van der Waals surface area contributed by atoms with Crippen LogP contribution in [0.4, 0.5) is 0 Å². The number of carboxylic acid groups (broad SMARTS) is 1. The summed E-state index contributed by atoms with van der Waals surface area (Å²) in [4.78, 5) is 23.6. The Balaban J connectivity index is 2.17. The van der Waals surface area contributed by atoms with Gasteiger partial charge in [-0.2, -0.15) is 5.10 Å². The Morgan fingerprint density at radius 2 is 2.04 bits per heavy atom. The Hall–Kier alpha value is -2.38. The number of halogens is 1. The number of hydrogen-bond donors (Lipinski definition) is 2. The molecule has 24 heavy (non-hydrogen) atoms. The van der Waals surface area contributed by atoms with Crippen molar-refractivity contribution in [3.63, 3.8) is 0 Å². The van der Waals surface area contributed by atoms with Crippen molar-refractivity contribution in [2.75, 3.05) is 13.7 Å².